The fraction of sp³-hybridized carbons (Fsp3) is 0.312. The number of carbonyl (C=O) groups is 3. The summed E-state index contributed by atoms with van der Waals surface area (Å²) in [6, 6.07) is 46.3. The number of aliphatic carboxylic acids is 1. The van der Waals surface area contributed by atoms with E-state index in [0.29, 0.717) is 6.42 Å². The minimum absolute atomic E-state index is 0.156. The van der Waals surface area contributed by atoms with Crippen LogP contribution in [0.15, 0.2) is 152 Å². The van der Waals surface area contributed by atoms with Gasteiger partial charge in [-0.05, 0) is 34.2 Å². The molecule has 0 spiro atoms. The number of nitrogens with one attached hydrogen (secondary N) is 1. The number of carbonyl (C=O) groups excluding carboxylic acids is 2. The van der Waals surface area contributed by atoms with Gasteiger partial charge in [-0.25, -0.2) is 4.79 Å². The van der Waals surface area contributed by atoms with Crippen molar-refractivity contribution in [2.24, 2.45) is 0 Å². The number of carboxylic acids is 1. The number of ether oxygens (including phenoxy) is 5. The van der Waals surface area contributed by atoms with Crippen LogP contribution >= 0.6 is 0 Å². The van der Waals surface area contributed by atoms with Crippen LogP contribution in [0.4, 0.5) is 0 Å². The molecule has 0 bridgehead atoms. The van der Waals surface area contributed by atoms with E-state index in [1.54, 1.807) is 0 Å². The summed E-state index contributed by atoms with van der Waals surface area (Å²) in [6.45, 7) is 0.107. The highest BCUT2D eigenvalue weighted by Crippen LogP contribution is 2.32. The summed E-state index contributed by atoms with van der Waals surface area (Å²) in [6.07, 6.45) is -5.62. The lowest BCUT2D eigenvalue weighted by Crippen LogP contribution is -2.61. The van der Waals surface area contributed by atoms with Crippen molar-refractivity contribution in [3.05, 3.63) is 179 Å². The number of aliphatic hydroxyl groups is 1. The van der Waals surface area contributed by atoms with Crippen LogP contribution in [0.5, 0.6) is 0 Å². The van der Waals surface area contributed by atoms with Crippen LogP contribution in [-0.2, 0) is 64.3 Å². The molecule has 308 valence electrons. The molecule has 1 saturated heterocycles. The minimum atomic E-state index is -1.28. The van der Waals surface area contributed by atoms with Crippen molar-refractivity contribution in [3.8, 4) is 0 Å². The summed E-state index contributed by atoms with van der Waals surface area (Å²) in [4.78, 5) is 39.7. The molecule has 59 heavy (non-hydrogen) atoms. The molecule has 11 heteroatoms. The Morgan fingerprint density at radius 3 is 1.51 bits per heavy atom. The molecule has 1 aliphatic heterocycles. The summed E-state index contributed by atoms with van der Waals surface area (Å²) < 4.78 is 32.2. The first-order chi connectivity index (χ1) is 28.9. The molecule has 0 radical (unpaired) electrons. The van der Waals surface area contributed by atoms with E-state index >= 15 is 0 Å². The molecule has 1 fully saturated rings. The van der Waals surface area contributed by atoms with Crippen LogP contribution in [-0.4, -0.2) is 71.2 Å². The second-order valence-electron chi connectivity index (χ2n) is 14.5. The van der Waals surface area contributed by atoms with Crippen LogP contribution in [0, 0.1) is 0 Å². The van der Waals surface area contributed by atoms with Gasteiger partial charge in [-0.1, -0.05) is 152 Å². The number of rotatable bonds is 21. The van der Waals surface area contributed by atoms with Crippen molar-refractivity contribution in [1.29, 1.82) is 0 Å². The normalized spacial score (nSPS) is 19.9. The molecule has 0 saturated carbocycles. The van der Waals surface area contributed by atoms with Gasteiger partial charge < -0.3 is 39.2 Å². The molecule has 5 aromatic carbocycles. The highest BCUT2D eigenvalue weighted by molar-refractivity contribution is 5.85. The molecule has 1 heterocycles. The Bertz CT molecular complexity index is 2000. The Balaban J connectivity index is 1.25. The number of carboxylic acid groups (broad SMARTS) is 1. The zero-order chi connectivity index (χ0) is 41.2. The van der Waals surface area contributed by atoms with Crippen LogP contribution in [0.2, 0.25) is 0 Å². The third kappa shape index (κ3) is 13.2. The molecular formula is C48H51NO10. The SMILES string of the molecule is O=C(O)CCC(NC(=O)CC1OC(CO)C(OCc2ccccc2)C(OCc2ccccc2)C1OCc1ccccc1)C(=O)OC(Cc1ccccc1)c1ccccc1. The maximum absolute atomic E-state index is 14.1. The van der Waals surface area contributed by atoms with Crippen molar-refractivity contribution < 1.29 is 48.3 Å². The lowest BCUT2D eigenvalue weighted by molar-refractivity contribution is -0.270. The predicted molar refractivity (Wildman–Crippen MR) is 220 cm³/mol. The van der Waals surface area contributed by atoms with Gasteiger partial charge in [-0.3, -0.25) is 9.59 Å². The van der Waals surface area contributed by atoms with Gasteiger partial charge in [0, 0.05) is 12.8 Å². The topological polar surface area (TPSA) is 150 Å². The Morgan fingerprint density at radius 1 is 0.593 bits per heavy atom. The van der Waals surface area contributed by atoms with Crippen LogP contribution < -0.4 is 5.32 Å². The second kappa shape index (κ2) is 22.5. The largest absolute Gasteiger partial charge is 0.481 e. The second-order valence-corrected chi connectivity index (χ2v) is 14.5. The van der Waals surface area contributed by atoms with Gasteiger partial charge in [-0.2, -0.15) is 0 Å². The summed E-state index contributed by atoms with van der Waals surface area (Å²) in [5.41, 5.74) is 4.38. The van der Waals surface area contributed by atoms with Gasteiger partial charge >= 0.3 is 11.9 Å². The lowest BCUT2D eigenvalue weighted by Gasteiger charge is -2.46. The van der Waals surface area contributed by atoms with E-state index in [0.717, 1.165) is 27.8 Å². The molecule has 1 aliphatic rings. The van der Waals surface area contributed by atoms with E-state index in [1.165, 1.54) is 0 Å². The molecule has 5 aromatic rings. The molecule has 11 nitrogen and oxygen atoms in total. The number of amides is 1. The molecule has 7 unspecified atom stereocenters. The average Bonchev–Trinajstić information content (AvgIpc) is 3.27. The quantitative estimate of drug-likeness (QED) is 0.0679. The summed E-state index contributed by atoms with van der Waals surface area (Å²) in [5.74, 6) is -2.49. The number of benzene rings is 5. The fourth-order valence-electron chi connectivity index (χ4n) is 7.09. The van der Waals surface area contributed by atoms with E-state index in [1.807, 2.05) is 152 Å². The molecule has 0 aliphatic carbocycles. The van der Waals surface area contributed by atoms with E-state index in [2.05, 4.69) is 5.32 Å². The highest BCUT2D eigenvalue weighted by Gasteiger charge is 2.49. The zero-order valence-electron chi connectivity index (χ0n) is 32.8. The van der Waals surface area contributed by atoms with Crippen molar-refractivity contribution in [2.75, 3.05) is 6.61 Å². The van der Waals surface area contributed by atoms with E-state index < -0.39 is 67.1 Å². The van der Waals surface area contributed by atoms with Crippen molar-refractivity contribution in [1.82, 2.24) is 5.32 Å². The van der Waals surface area contributed by atoms with Crippen molar-refractivity contribution in [2.45, 2.75) is 88.2 Å². The molecule has 3 N–H and O–H groups in total. The maximum atomic E-state index is 14.1. The van der Waals surface area contributed by atoms with E-state index in [4.69, 9.17) is 23.7 Å². The summed E-state index contributed by atoms with van der Waals surface area (Å²) >= 11 is 0. The first kappa shape index (κ1) is 42.9. The smallest absolute Gasteiger partial charge is 0.329 e. The summed E-state index contributed by atoms with van der Waals surface area (Å²) in [7, 11) is 0. The first-order valence-corrected chi connectivity index (χ1v) is 19.9. The highest BCUT2D eigenvalue weighted by atomic mass is 16.6. The van der Waals surface area contributed by atoms with Gasteiger partial charge in [0.1, 0.15) is 36.6 Å². The molecular weight excluding hydrogens is 751 g/mol. The molecule has 6 rings (SSSR count). The number of aliphatic hydroxyl groups excluding tert-OH is 1. The lowest BCUT2D eigenvalue weighted by atomic mass is 9.92. The van der Waals surface area contributed by atoms with Gasteiger partial charge in [0.05, 0.1) is 39.0 Å². The maximum Gasteiger partial charge on any atom is 0.329 e. The van der Waals surface area contributed by atoms with Crippen LogP contribution in [0.1, 0.15) is 53.2 Å². The van der Waals surface area contributed by atoms with Crippen molar-refractivity contribution in [3.63, 3.8) is 0 Å². The Kier molecular flexibility index (Phi) is 16.3. The monoisotopic (exact) mass is 801 g/mol. The number of hydrogen-bond acceptors (Lipinski definition) is 9. The Morgan fingerprint density at radius 2 is 1.03 bits per heavy atom. The number of hydrogen-bond donors (Lipinski definition) is 3. The van der Waals surface area contributed by atoms with E-state index in [9.17, 15) is 24.6 Å². The predicted octanol–water partition coefficient (Wildman–Crippen LogP) is 6.77. The fourth-order valence-corrected chi connectivity index (χ4v) is 7.09. The molecule has 0 aromatic heterocycles. The third-order valence-corrected chi connectivity index (χ3v) is 10.1. The van der Waals surface area contributed by atoms with Gasteiger partial charge in [0.25, 0.3) is 0 Å². The van der Waals surface area contributed by atoms with Crippen molar-refractivity contribution >= 4 is 17.8 Å². The Hall–Kier alpha value is -5.69. The Labute approximate surface area is 344 Å². The van der Waals surface area contributed by atoms with Gasteiger partial charge in [0.2, 0.25) is 5.91 Å². The minimum Gasteiger partial charge on any atom is -0.481 e. The molecule has 1 amide bonds. The first-order valence-electron chi connectivity index (χ1n) is 19.9. The summed E-state index contributed by atoms with van der Waals surface area (Å²) in [5, 5.41) is 23.1. The van der Waals surface area contributed by atoms with Crippen LogP contribution in [0.25, 0.3) is 0 Å². The zero-order valence-corrected chi connectivity index (χ0v) is 32.8. The number of esters is 1. The van der Waals surface area contributed by atoms with Gasteiger partial charge in [0.15, 0.2) is 0 Å². The average molecular weight is 802 g/mol. The third-order valence-electron chi connectivity index (χ3n) is 10.1. The molecule has 7 atom stereocenters. The van der Waals surface area contributed by atoms with Gasteiger partial charge in [-0.15, -0.1) is 0 Å². The van der Waals surface area contributed by atoms with Crippen LogP contribution in [0.3, 0.4) is 0 Å². The van der Waals surface area contributed by atoms with E-state index in [-0.39, 0.29) is 39.1 Å². The standard InChI is InChI=1S/C48H51NO10/c50-30-42-46(56-32-36-20-10-3-11-21-36)47(57-33-37-22-12-4-13-23-37)45(55-31-35-18-8-2-9-19-35)41(58-42)29-43(51)49-39(26-27-44(52)53)48(54)59-40(38-24-14-5-15-25-38)28-34-16-6-1-7-17-34/h1-25,39-42,45-47,50H,26-33H2,(H,49,51)(H,52,53).